The number of aromatic nitrogens is 1. The van der Waals surface area contributed by atoms with E-state index in [0.29, 0.717) is 0 Å². The van der Waals surface area contributed by atoms with Crippen molar-refractivity contribution in [1.82, 2.24) is 4.98 Å². The fourth-order valence-electron chi connectivity index (χ4n) is 2.00. The van der Waals surface area contributed by atoms with Crippen LogP contribution in [0.25, 0.3) is 10.9 Å². The Labute approximate surface area is 99.8 Å². The van der Waals surface area contributed by atoms with Crippen molar-refractivity contribution in [3.8, 4) is 0 Å². The van der Waals surface area contributed by atoms with Gasteiger partial charge in [-0.1, -0.05) is 25.1 Å². The van der Waals surface area contributed by atoms with Gasteiger partial charge in [-0.05, 0) is 11.6 Å². The SMILES string of the molecule is COC(=O)[C@@H](N)[C@H](C)c1c[nH]c2ccccc12. The minimum Gasteiger partial charge on any atom is -0.468 e. The monoisotopic (exact) mass is 232 g/mol. The standard InChI is InChI=1S/C13H16N2O2/c1-8(12(14)13(16)17-2)10-7-15-11-6-4-3-5-9(10)11/h3-8,12,15H,14H2,1-2H3/t8-,12+/m1/s1. The summed E-state index contributed by atoms with van der Waals surface area (Å²) in [5.74, 6) is -0.471. The summed E-state index contributed by atoms with van der Waals surface area (Å²) in [5.41, 5.74) is 7.95. The Kier molecular flexibility index (Phi) is 3.15. The number of ether oxygens (including phenoxy) is 1. The summed E-state index contributed by atoms with van der Waals surface area (Å²) >= 11 is 0. The molecule has 2 rings (SSSR count). The van der Waals surface area contributed by atoms with Crippen molar-refractivity contribution in [3.05, 3.63) is 36.0 Å². The number of aromatic amines is 1. The van der Waals surface area contributed by atoms with E-state index in [1.165, 1.54) is 7.11 Å². The molecule has 0 aliphatic carbocycles. The first-order chi connectivity index (χ1) is 8.15. The number of carbonyl (C=O) groups is 1. The van der Waals surface area contributed by atoms with Crippen LogP contribution in [0.15, 0.2) is 30.5 Å². The van der Waals surface area contributed by atoms with Crippen LogP contribution in [0.3, 0.4) is 0 Å². The van der Waals surface area contributed by atoms with Gasteiger partial charge in [0.2, 0.25) is 0 Å². The maximum atomic E-state index is 11.4. The molecule has 0 unspecified atom stereocenters. The molecule has 1 aromatic heterocycles. The molecule has 0 saturated heterocycles. The molecule has 0 radical (unpaired) electrons. The first-order valence-electron chi connectivity index (χ1n) is 5.54. The van der Waals surface area contributed by atoms with Crippen molar-refractivity contribution in [1.29, 1.82) is 0 Å². The van der Waals surface area contributed by atoms with E-state index in [4.69, 9.17) is 5.73 Å². The molecule has 0 saturated carbocycles. The van der Waals surface area contributed by atoms with Gasteiger partial charge in [0.25, 0.3) is 0 Å². The fourth-order valence-corrected chi connectivity index (χ4v) is 2.00. The highest BCUT2D eigenvalue weighted by Gasteiger charge is 2.24. The summed E-state index contributed by atoms with van der Waals surface area (Å²) in [4.78, 5) is 14.6. The lowest BCUT2D eigenvalue weighted by molar-refractivity contribution is -0.142. The molecule has 0 aliphatic heterocycles. The quantitative estimate of drug-likeness (QED) is 0.792. The fraction of sp³-hybridized carbons (Fsp3) is 0.308. The smallest absolute Gasteiger partial charge is 0.323 e. The number of methoxy groups -OCH3 is 1. The third kappa shape index (κ3) is 2.03. The van der Waals surface area contributed by atoms with E-state index in [1.54, 1.807) is 0 Å². The molecule has 1 heterocycles. The highest BCUT2D eigenvalue weighted by molar-refractivity contribution is 5.85. The molecule has 0 spiro atoms. The number of rotatable bonds is 3. The number of carbonyl (C=O) groups excluding carboxylic acids is 1. The highest BCUT2D eigenvalue weighted by atomic mass is 16.5. The molecule has 3 N–H and O–H groups in total. The second-order valence-electron chi connectivity index (χ2n) is 4.13. The van der Waals surface area contributed by atoms with Crippen LogP contribution in [0.2, 0.25) is 0 Å². The predicted octanol–water partition coefficient (Wildman–Crippen LogP) is 1.77. The van der Waals surface area contributed by atoms with Gasteiger partial charge < -0.3 is 15.5 Å². The summed E-state index contributed by atoms with van der Waals surface area (Å²) in [6.45, 7) is 1.93. The van der Waals surface area contributed by atoms with Gasteiger partial charge in [0.05, 0.1) is 7.11 Å². The van der Waals surface area contributed by atoms with Crippen LogP contribution in [0.4, 0.5) is 0 Å². The van der Waals surface area contributed by atoms with Crippen molar-refractivity contribution < 1.29 is 9.53 Å². The molecule has 0 fully saturated rings. The number of para-hydroxylation sites is 1. The Morgan fingerprint density at radius 3 is 2.82 bits per heavy atom. The number of nitrogens with one attached hydrogen (secondary N) is 1. The molecule has 17 heavy (non-hydrogen) atoms. The van der Waals surface area contributed by atoms with E-state index < -0.39 is 6.04 Å². The van der Waals surface area contributed by atoms with Crippen LogP contribution in [0.5, 0.6) is 0 Å². The third-order valence-corrected chi connectivity index (χ3v) is 3.12. The molecule has 0 bridgehead atoms. The van der Waals surface area contributed by atoms with Crippen LogP contribution in [-0.4, -0.2) is 24.1 Å². The second kappa shape index (κ2) is 4.59. The molecule has 90 valence electrons. The van der Waals surface area contributed by atoms with E-state index >= 15 is 0 Å². The van der Waals surface area contributed by atoms with Crippen molar-refractivity contribution in [2.24, 2.45) is 5.73 Å². The Morgan fingerprint density at radius 1 is 1.41 bits per heavy atom. The van der Waals surface area contributed by atoms with Gasteiger partial charge in [-0.25, -0.2) is 0 Å². The third-order valence-electron chi connectivity index (χ3n) is 3.12. The van der Waals surface area contributed by atoms with Crippen molar-refractivity contribution >= 4 is 16.9 Å². The van der Waals surface area contributed by atoms with Gasteiger partial charge in [-0.15, -0.1) is 0 Å². The van der Waals surface area contributed by atoms with Gasteiger partial charge in [0.1, 0.15) is 6.04 Å². The average molecular weight is 232 g/mol. The Hall–Kier alpha value is -1.81. The first kappa shape index (κ1) is 11.7. The van der Waals surface area contributed by atoms with Gasteiger partial charge in [0, 0.05) is 23.0 Å². The van der Waals surface area contributed by atoms with E-state index in [2.05, 4.69) is 9.72 Å². The summed E-state index contributed by atoms with van der Waals surface area (Å²) in [5, 5.41) is 1.10. The Bertz CT molecular complexity index is 533. The van der Waals surface area contributed by atoms with Crippen LogP contribution in [0.1, 0.15) is 18.4 Å². The molecule has 0 aliphatic rings. The summed E-state index contributed by atoms with van der Waals surface area (Å²) in [6.07, 6.45) is 1.90. The summed E-state index contributed by atoms with van der Waals surface area (Å²) < 4.78 is 4.67. The average Bonchev–Trinajstić information content (AvgIpc) is 2.79. The molecule has 2 atom stereocenters. The number of benzene rings is 1. The lowest BCUT2D eigenvalue weighted by Gasteiger charge is -2.17. The van der Waals surface area contributed by atoms with Crippen molar-refractivity contribution in [3.63, 3.8) is 0 Å². The highest BCUT2D eigenvalue weighted by Crippen LogP contribution is 2.27. The first-order valence-corrected chi connectivity index (χ1v) is 5.54. The molecule has 4 heteroatoms. The zero-order valence-corrected chi connectivity index (χ0v) is 9.94. The lowest BCUT2D eigenvalue weighted by Crippen LogP contribution is -2.36. The normalized spacial score (nSPS) is 14.5. The molecular weight excluding hydrogens is 216 g/mol. The molecule has 1 aromatic carbocycles. The Balaban J connectivity index is 2.36. The van der Waals surface area contributed by atoms with E-state index in [1.807, 2.05) is 37.4 Å². The number of hydrogen-bond acceptors (Lipinski definition) is 3. The largest absolute Gasteiger partial charge is 0.468 e. The van der Waals surface area contributed by atoms with Crippen LogP contribution >= 0.6 is 0 Å². The topological polar surface area (TPSA) is 68.1 Å². The second-order valence-corrected chi connectivity index (χ2v) is 4.13. The van der Waals surface area contributed by atoms with Crippen molar-refractivity contribution in [2.75, 3.05) is 7.11 Å². The van der Waals surface area contributed by atoms with Gasteiger partial charge in [0.15, 0.2) is 0 Å². The van der Waals surface area contributed by atoms with Gasteiger partial charge in [-0.2, -0.15) is 0 Å². The number of nitrogens with two attached hydrogens (primary N) is 1. The molecule has 0 amide bonds. The number of hydrogen-bond donors (Lipinski definition) is 2. The maximum Gasteiger partial charge on any atom is 0.323 e. The van der Waals surface area contributed by atoms with Crippen LogP contribution in [0, 0.1) is 0 Å². The predicted molar refractivity (Wildman–Crippen MR) is 66.7 cm³/mol. The van der Waals surface area contributed by atoms with E-state index in [0.717, 1.165) is 16.5 Å². The summed E-state index contributed by atoms with van der Waals surface area (Å²) in [7, 11) is 1.35. The minimum absolute atomic E-state index is 0.0846. The summed E-state index contributed by atoms with van der Waals surface area (Å²) in [6, 6.07) is 7.31. The van der Waals surface area contributed by atoms with Crippen molar-refractivity contribution in [2.45, 2.75) is 18.9 Å². The number of esters is 1. The van der Waals surface area contributed by atoms with E-state index in [-0.39, 0.29) is 11.9 Å². The number of fused-ring (bicyclic) bond motifs is 1. The Morgan fingerprint density at radius 2 is 2.12 bits per heavy atom. The van der Waals surface area contributed by atoms with Crippen LogP contribution < -0.4 is 5.73 Å². The lowest BCUT2D eigenvalue weighted by atomic mass is 9.93. The van der Waals surface area contributed by atoms with Gasteiger partial charge in [-0.3, -0.25) is 4.79 Å². The maximum absolute atomic E-state index is 11.4. The molecule has 4 nitrogen and oxygen atoms in total. The molecular formula is C13H16N2O2. The minimum atomic E-state index is -0.640. The van der Waals surface area contributed by atoms with E-state index in [9.17, 15) is 4.79 Å². The zero-order valence-electron chi connectivity index (χ0n) is 9.94. The van der Waals surface area contributed by atoms with Crippen LogP contribution in [-0.2, 0) is 9.53 Å². The van der Waals surface area contributed by atoms with Gasteiger partial charge >= 0.3 is 5.97 Å². The molecule has 2 aromatic rings. The number of H-pyrrole nitrogens is 1. The zero-order chi connectivity index (χ0) is 12.4.